The van der Waals surface area contributed by atoms with Gasteiger partial charge in [0.05, 0.1) is 29.3 Å². The fourth-order valence-corrected chi connectivity index (χ4v) is 4.98. The summed E-state index contributed by atoms with van der Waals surface area (Å²) in [4.78, 5) is 20.0. The lowest BCUT2D eigenvalue weighted by atomic mass is 10.0. The molecule has 0 saturated carbocycles. The zero-order valence-corrected chi connectivity index (χ0v) is 19.2. The van der Waals surface area contributed by atoms with Gasteiger partial charge in [-0.25, -0.2) is 4.98 Å². The number of nitrogens with zero attached hydrogens (tertiary/aromatic N) is 2. The second-order valence-electron chi connectivity index (χ2n) is 8.23. The van der Waals surface area contributed by atoms with Crippen LogP contribution in [0.3, 0.4) is 0 Å². The first-order valence-corrected chi connectivity index (χ1v) is 11.7. The number of fused-ring (bicyclic) bond motifs is 1. The zero-order chi connectivity index (χ0) is 21.3. The van der Waals surface area contributed by atoms with Crippen LogP contribution in [0.4, 0.5) is 5.13 Å². The minimum absolute atomic E-state index is 0.0469. The Morgan fingerprint density at radius 2 is 2.03 bits per heavy atom. The number of hydrogen-bond donors (Lipinski definition) is 0. The molecule has 0 radical (unpaired) electrons. The Hall–Kier alpha value is -1.95. The molecule has 1 saturated heterocycles. The smallest absolute Gasteiger partial charge is 0.233 e. The van der Waals surface area contributed by atoms with Crippen LogP contribution >= 0.6 is 22.9 Å². The summed E-state index contributed by atoms with van der Waals surface area (Å²) in [5, 5.41) is 1.41. The maximum Gasteiger partial charge on any atom is 0.233 e. The Kier molecular flexibility index (Phi) is 6.42. The van der Waals surface area contributed by atoms with Gasteiger partial charge in [0.2, 0.25) is 5.91 Å². The predicted octanol–water partition coefficient (Wildman–Crippen LogP) is 6.14. The first kappa shape index (κ1) is 21.3. The quantitative estimate of drug-likeness (QED) is 0.460. The van der Waals surface area contributed by atoms with Crippen molar-refractivity contribution in [3.05, 3.63) is 58.1 Å². The number of aryl methyl sites for hydroxylation is 1. The normalized spacial score (nSPS) is 16.5. The van der Waals surface area contributed by atoms with Crippen molar-refractivity contribution < 1.29 is 9.53 Å². The number of thiazole rings is 1. The van der Waals surface area contributed by atoms with E-state index in [1.54, 1.807) is 0 Å². The number of amides is 1. The van der Waals surface area contributed by atoms with Crippen LogP contribution in [-0.2, 0) is 16.0 Å². The molecule has 4 rings (SSSR count). The molecule has 1 fully saturated rings. The van der Waals surface area contributed by atoms with Crippen LogP contribution in [0.5, 0.6) is 0 Å². The molecule has 0 bridgehead atoms. The zero-order valence-electron chi connectivity index (χ0n) is 17.7. The molecule has 4 nitrogen and oxygen atoms in total. The topological polar surface area (TPSA) is 42.4 Å². The van der Waals surface area contributed by atoms with Crippen LogP contribution in [0.15, 0.2) is 36.4 Å². The van der Waals surface area contributed by atoms with Gasteiger partial charge >= 0.3 is 0 Å². The van der Waals surface area contributed by atoms with E-state index >= 15 is 0 Å². The van der Waals surface area contributed by atoms with Gasteiger partial charge in [-0.15, -0.1) is 0 Å². The highest BCUT2D eigenvalue weighted by molar-refractivity contribution is 7.22. The van der Waals surface area contributed by atoms with E-state index in [1.165, 1.54) is 16.9 Å². The second-order valence-corrected chi connectivity index (χ2v) is 9.64. The van der Waals surface area contributed by atoms with Gasteiger partial charge < -0.3 is 4.74 Å². The van der Waals surface area contributed by atoms with Gasteiger partial charge in [-0.1, -0.05) is 61.1 Å². The maximum absolute atomic E-state index is 13.4. The summed E-state index contributed by atoms with van der Waals surface area (Å²) in [6.45, 7) is 7.61. The Labute approximate surface area is 186 Å². The number of ether oxygens (including phenoxy) is 1. The minimum Gasteiger partial charge on any atom is -0.376 e. The lowest BCUT2D eigenvalue weighted by molar-refractivity contribution is -0.118. The third kappa shape index (κ3) is 4.53. The van der Waals surface area contributed by atoms with Crippen molar-refractivity contribution in [3.8, 4) is 0 Å². The number of anilines is 1. The van der Waals surface area contributed by atoms with Gasteiger partial charge in [0, 0.05) is 11.6 Å². The van der Waals surface area contributed by atoms with Gasteiger partial charge in [-0.3, -0.25) is 9.69 Å². The van der Waals surface area contributed by atoms with Crippen molar-refractivity contribution in [1.82, 2.24) is 4.98 Å². The van der Waals surface area contributed by atoms with Gasteiger partial charge in [0.25, 0.3) is 0 Å². The molecular weight excluding hydrogens is 416 g/mol. The molecule has 1 aliphatic rings. The van der Waals surface area contributed by atoms with E-state index in [9.17, 15) is 4.79 Å². The predicted molar refractivity (Wildman–Crippen MR) is 125 cm³/mol. The summed E-state index contributed by atoms with van der Waals surface area (Å²) < 4.78 is 6.87. The Morgan fingerprint density at radius 3 is 2.70 bits per heavy atom. The number of halogens is 1. The van der Waals surface area contributed by atoms with Crippen molar-refractivity contribution in [1.29, 1.82) is 0 Å². The summed E-state index contributed by atoms with van der Waals surface area (Å²) in [6, 6.07) is 12.2. The highest BCUT2D eigenvalue weighted by Crippen LogP contribution is 2.34. The first-order chi connectivity index (χ1) is 14.4. The summed E-state index contributed by atoms with van der Waals surface area (Å²) in [6.07, 6.45) is 2.43. The van der Waals surface area contributed by atoms with Crippen LogP contribution in [0, 0.1) is 6.92 Å². The highest BCUT2D eigenvalue weighted by atomic mass is 35.5. The lowest BCUT2D eigenvalue weighted by Crippen LogP contribution is -2.38. The van der Waals surface area contributed by atoms with E-state index in [1.807, 2.05) is 24.0 Å². The fraction of sp³-hybridized carbons (Fsp3) is 0.417. The SMILES string of the molecule is Cc1c(Cl)ccc2sc(N(CC3CCCO3)C(=O)Cc3ccc(C(C)C)cc3)nc12. The largest absolute Gasteiger partial charge is 0.376 e. The lowest BCUT2D eigenvalue weighted by Gasteiger charge is -2.23. The molecule has 30 heavy (non-hydrogen) atoms. The average Bonchev–Trinajstić information content (AvgIpc) is 3.39. The maximum atomic E-state index is 13.4. The van der Waals surface area contributed by atoms with Crippen LogP contribution in [0.25, 0.3) is 10.2 Å². The van der Waals surface area contributed by atoms with Crippen molar-refractivity contribution in [2.24, 2.45) is 0 Å². The molecule has 0 spiro atoms. The van der Waals surface area contributed by atoms with E-state index in [0.717, 1.165) is 45.9 Å². The average molecular weight is 443 g/mol. The van der Waals surface area contributed by atoms with Crippen LogP contribution < -0.4 is 4.90 Å². The van der Waals surface area contributed by atoms with Gasteiger partial charge in [0.1, 0.15) is 0 Å². The molecule has 2 aromatic carbocycles. The molecule has 6 heteroatoms. The molecule has 1 aliphatic heterocycles. The highest BCUT2D eigenvalue weighted by Gasteiger charge is 2.26. The fourth-order valence-electron chi connectivity index (χ4n) is 3.77. The van der Waals surface area contributed by atoms with E-state index in [-0.39, 0.29) is 12.0 Å². The molecule has 1 aromatic heterocycles. The third-order valence-electron chi connectivity index (χ3n) is 5.68. The molecule has 1 amide bonds. The molecule has 1 atom stereocenters. The molecule has 1 unspecified atom stereocenters. The molecule has 3 aromatic rings. The summed E-state index contributed by atoms with van der Waals surface area (Å²) in [5.41, 5.74) is 4.11. The van der Waals surface area contributed by atoms with Crippen molar-refractivity contribution >= 4 is 44.2 Å². The first-order valence-electron chi connectivity index (χ1n) is 10.5. The van der Waals surface area contributed by atoms with Crippen LogP contribution in [0.1, 0.15) is 49.3 Å². The number of hydrogen-bond acceptors (Lipinski definition) is 4. The van der Waals surface area contributed by atoms with E-state index in [2.05, 4.69) is 38.1 Å². The minimum atomic E-state index is 0.0469. The molecule has 0 N–H and O–H groups in total. The standard InChI is InChI=1S/C24H27ClN2O2S/c1-15(2)18-8-6-17(7-9-18)13-22(28)27(14-19-5-4-12-29-19)24-26-23-16(3)20(25)10-11-21(23)30-24/h6-11,15,19H,4-5,12-14H2,1-3H3. The summed E-state index contributed by atoms with van der Waals surface area (Å²) in [7, 11) is 0. The number of carbonyl (C=O) groups excluding carboxylic acids is 1. The molecule has 0 aliphatic carbocycles. The summed E-state index contributed by atoms with van der Waals surface area (Å²) >= 11 is 7.82. The third-order valence-corrected chi connectivity index (χ3v) is 7.13. The Bertz CT molecular complexity index is 1040. The monoisotopic (exact) mass is 442 g/mol. The number of rotatable bonds is 6. The number of benzene rings is 2. The Morgan fingerprint density at radius 1 is 1.27 bits per heavy atom. The van der Waals surface area contributed by atoms with E-state index in [4.69, 9.17) is 21.3 Å². The van der Waals surface area contributed by atoms with E-state index < -0.39 is 0 Å². The van der Waals surface area contributed by atoms with Gasteiger partial charge in [-0.05, 0) is 54.5 Å². The van der Waals surface area contributed by atoms with Crippen LogP contribution in [0.2, 0.25) is 5.02 Å². The van der Waals surface area contributed by atoms with Crippen molar-refractivity contribution in [2.45, 2.75) is 52.1 Å². The summed E-state index contributed by atoms with van der Waals surface area (Å²) in [5.74, 6) is 0.522. The van der Waals surface area contributed by atoms with Crippen molar-refractivity contribution in [3.63, 3.8) is 0 Å². The second kappa shape index (κ2) is 9.04. The Balaban J connectivity index is 1.62. The number of aromatic nitrogens is 1. The molecular formula is C24H27ClN2O2S. The number of carbonyl (C=O) groups is 1. The van der Waals surface area contributed by atoms with Crippen LogP contribution in [-0.4, -0.2) is 30.1 Å². The van der Waals surface area contributed by atoms with Crippen molar-refractivity contribution in [2.75, 3.05) is 18.1 Å². The van der Waals surface area contributed by atoms with Gasteiger partial charge in [-0.2, -0.15) is 0 Å². The van der Waals surface area contributed by atoms with Gasteiger partial charge in [0.15, 0.2) is 5.13 Å². The van der Waals surface area contributed by atoms with E-state index in [0.29, 0.717) is 23.9 Å². The molecule has 2 heterocycles. The molecule has 158 valence electrons.